The Morgan fingerprint density at radius 2 is 1.69 bits per heavy atom. The maximum absolute atomic E-state index is 2.45. The number of rotatable bonds is 2. The molecule has 0 N–H and O–H groups in total. The third-order valence-corrected chi connectivity index (χ3v) is 6.48. The maximum atomic E-state index is 2.45. The lowest BCUT2D eigenvalue weighted by molar-refractivity contribution is 0.389. The first-order valence-corrected chi connectivity index (χ1v) is 9.49. The second-order valence-corrected chi connectivity index (χ2v) is 8.58. The van der Waals surface area contributed by atoms with Crippen molar-refractivity contribution in [3.8, 4) is 11.3 Å². The lowest BCUT2D eigenvalue weighted by Crippen LogP contribution is -2.28. The van der Waals surface area contributed by atoms with Crippen molar-refractivity contribution < 1.29 is 0 Å². The number of benzene rings is 2. The van der Waals surface area contributed by atoms with E-state index in [4.69, 9.17) is 0 Å². The minimum absolute atomic E-state index is 0.00694. The quantitative estimate of drug-likeness (QED) is 0.516. The largest absolute Gasteiger partial charge is 0.343 e. The van der Waals surface area contributed by atoms with Gasteiger partial charge in [0, 0.05) is 34.3 Å². The zero-order valence-corrected chi connectivity index (χ0v) is 16.0. The summed E-state index contributed by atoms with van der Waals surface area (Å²) in [4.78, 5) is 0. The van der Waals surface area contributed by atoms with Crippen molar-refractivity contribution in [1.82, 2.24) is 4.57 Å². The molecule has 2 aromatic carbocycles. The van der Waals surface area contributed by atoms with Crippen LogP contribution in [0.2, 0.25) is 0 Å². The first-order valence-electron chi connectivity index (χ1n) is 9.49. The van der Waals surface area contributed by atoms with Crippen LogP contribution in [0.5, 0.6) is 0 Å². The Morgan fingerprint density at radius 3 is 2.46 bits per heavy atom. The normalized spacial score (nSPS) is 22.2. The lowest BCUT2D eigenvalue weighted by Gasteiger charge is -2.34. The second kappa shape index (κ2) is 5.01. The molecule has 1 heterocycles. The Morgan fingerprint density at radius 1 is 0.962 bits per heavy atom. The highest BCUT2D eigenvalue weighted by molar-refractivity contribution is 5.98. The van der Waals surface area contributed by atoms with Crippen LogP contribution in [0.3, 0.4) is 0 Å². The van der Waals surface area contributed by atoms with E-state index >= 15 is 0 Å². The molecule has 2 aliphatic carbocycles. The summed E-state index contributed by atoms with van der Waals surface area (Å²) < 4.78 is 2.40. The SMILES string of the molecule is Cc1ccc2c(c1)c1c(n2C)-c2ccccc2C1(C)CC1(C)C=CC=C1. The van der Waals surface area contributed by atoms with Crippen molar-refractivity contribution >= 4 is 10.9 Å². The highest BCUT2D eigenvalue weighted by atomic mass is 15.0. The fourth-order valence-electron chi connectivity index (χ4n) is 5.41. The van der Waals surface area contributed by atoms with Gasteiger partial charge in [0.15, 0.2) is 0 Å². The number of aryl methyl sites for hydroxylation is 2. The molecule has 0 radical (unpaired) electrons. The van der Waals surface area contributed by atoms with E-state index < -0.39 is 0 Å². The van der Waals surface area contributed by atoms with E-state index in [1.807, 2.05) is 0 Å². The molecule has 0 bridgehead atoms. The zero-order chi connectivity index (χ0) is 18.1. The molecule has 3 aromatic rings. The van der Waals surface area contributed by atoms with Crippen LogP contribution >= 0.6 is 0 Å². The highest BCUT2D eigenvalue weighted by Crippen LogP contribution is 2.57. The number of allylic oxidation sites excluding steroid dienone is 4. The summed E-state index contributed by atoms with van der Waals surface area (Å²) in [6.45, 7) is 7.00. The summed E-state index contributed by atoms with van der Waals surface area (Å²) in [7, 11) is 2.22. The molecule has 0 saturated heterocycles. The highest BCUT2D eigenvalue weighted by Gasteiger charge is 2.45. The number of hydrogen-bond acceptors (Lipinski definition) is 0. The Labute approximate surface area is 155 Å². The summed E-state index contributed by atoms with van der Waals surface area (Å²) in [6.07, 6.45) is 10.2. The van der Waals surface area contributed by atoms with Crippen molar-refractivity contribution in [3.05, 3.63) is 83.5 Å². The van der Waals surface area contributed by atoms with Crippen molar-refractivity contribution in [3.63, 3.8) is 0 Å². The molecule has 26 heavy (non-hydrogen) atoms. The van der Waals surface area contributed by atoms with Crippen LogP contribution in [-0.2, 0) is 12.5 Å². The van der Waals surface area contributed by atoms with Crippen LogP contribution in [0.1, 0.15) is 37.0 Å². The fourth-order valence-corrected chi connectivity index (χ4v) is 5.41. The van der Waals surface area contributed by atoms with E-state index in [9.17, 15) is 0 Å². The third kappa shape index (κ3) is 1.92. The van der Waals surface area contributed by atoms with E-state index in [-0.39, 0.29) is 10.8 Å². The van der Waals surface area contributed by atoms with E-state index in [0.29, 0.717) is 0 Å². The predicted molar refractivity (Wildman–Crippen MR) is 111 cm³/mol. The molecule has 0 spiro atoms. The van der Waals surface area contributed by atoms with Crippen molar-refractivity contribution in [1.29, 1.82) is 0 Å². The molecule has 2 aliphatic rings. The molecular formula is C25H25N. The summed E-state index contributed by atoms with van der Waals surface area (Å²) in [5.41, 5.74) is 8.56. The Bertz CT molecular complexity index is 1100. The Balaban J connectivity index is 1.86. The van der Waals surface area contributed by atoms with Crippen LogP contribution in [0.4, 0.5) is 0 Å². The lowest BCUT2D eigenvalue weighted by atomic mass is 9.68. The van der Waals surface area contributed by atoms with Gasteiger partial charge in [-0.15, -0.1) is 0 Å². The van der Waals surface area contributed by atoms with Crippen molar-refractivity contribution in [2.45, 2.75) is 32.6 Å². The maximum Gasteiger partial charge on any atom is 0.0533 e. The molecule has 0 saturated carbocycles. The summed E-state index contributed by atoms with van der Waals surface area (Å²) >= 11 is 0. The average Bonchev–Trinajstić information content (AvgIpc) is 3.23. The Hall–Kier alpha value is -2.54. The molecule has 0 aliphatic heterocycles. The average molecular weight is 339 g/mol. The van der Waals surface area contributed by atoms with Gasteiger partial charge in [-0.1, -0.05) is 74.0 Å². The zero-order valence-electron chi connectivity index (χ0n) is 16.0. The van der Waals surface area contributed by atoms with Gasteiger partial charge in [-0.2, -0.15) is 0 Å². The molecule has 1 atom stereocenters. The van der Waals surface area contributed by atoms with Crippen molar-refractivity contribution in [2.75, 3.05) is 0 Å². The van der Waals surface area contributed by atoms with Gasteiger partial charge in [0.2, 0.25) is 0 Å². The molecule has 5 rings (SSSR count). The Kier molecular flexibility index (Phi) is 3.02. The molecule has 1 nitrogen and oxygen atoms in total. The van der Waals surface area contributed by atoms with Crippen LogP contribution in [-0.4, -0.2) is 4.57 Å². The molecule has 1 heteroatoms. The van der Waals surface area contributed by atoms with Crippen LogP contribution in [0, 0.1) is 12.3 Å². The van der Waals surface area contributed by atoms with E-state index in [0.717, 1.165) is 6.42 Å². The molecule has 130 valence electrons. The first kappa shape index (κ1) is 15.7. The van der Waals surface area contributed by atoms with Gasteiger partial charge in [0.1, 0.15) is 0 Å². The predicted octanol–water partition coefficient (Wildman–Crippen LogP) is 6.30. The summed E-state index contributed by atoms with van der Waals surface area (Å²) in [5.74, 6) is 0. The molecular weight excluding hydrogens is 314 g/mol. The van der Waals surface area contributed by atoms with Gasteiger partial charge in [-0.3, -0.25) is 0 Å². The van der Waals surface area contributed by atoms with E-state index in [1.54, 1.807) is 0 Å². The number of nitrogens with zero attached hydrogens (tertiary/aromatic N) is 1. The van der Waals surface area contributed by atoms with Gasteiger partial charge >= 0.3 is 0 Å². The number of hydrogen-bond donors (Lipinski definition) is 0. The van der Waals surface area contributed by atoms with Gasteiger partial charge in [-0.05, 0) is 36.6 Å². The smallest absolute Gasteiger partial charge is 0.0533 e. The van der Waals surface area contributed by atoms with Crippen molar-refractivity contribution in [2.24, 2.45) is 12.5 Å². The second-order valence-electron chi connectivity index (χ2n) is 8.58. The van der Waals surface area contributed by atoms with E-state index in [1.165, 1.54) is 38.9 Å². The molecule has 0 fully saturated rings. The van der Waals surface area contributed by atoms with Crippen LogP contribution in [0.25, 0.3) is 22.2 Å². The molecule has 1 unspecified atom stereocenters. The van der Waals surface area contributed by atoms with Gasteiger partial charge in [-0.25, -0.2) is 0 Å². The molecule has 0 amide bonds. The fraction of sp³-hybridized carbons (Fsp3) is 0.280. The van der Waals surface area contributed by atoms with Gasteiger partial charge in [0.05, 0.1) is 5.69 Å². The summed E-state index contributed by atoms with van der Waals surface area (Å²) in [5, 5.41) is 1.41. The van der Waals surface area contributed by atoms with Gasteiger partial charge in [0.25, 0.3) is 0 Å². The van der Waals surface area contributed by atoms with Crippen LogP contribution < -0.4 is 0 Å². The van der Waals surface area contributed by atoms with E-state index in [2.05, 4.69) is 99.2 Å². The van der Waals surface area contributed by atoms with Gasteiger partial charge < -0.3 is 4.57 Å². The number of aromatic nitrogens is 1. The minimum atomic E-state index is 0.00694. The number of fused-ring (bicyclic) bond motifs is 5. The standard InChI is InChI=1S/C25H25N/c1-17-11-12-21-19(15-17)22-23(26(21)4)18-9-5-6-10-20(18)25(22,3)16-24(2)13-7-8-14-24/h5-15H,16H2,1-4H3. The topological polar surface area (TPSA) is 4.93 Å². The first-order chi connectivity index (χ1) is 12.4. The van der Waals surface area contributed by atoms with Crippen LogP contribution in [0.15, 0.2) is 66.8 Å². The molecule has 1 aromatic heterocycles. The minimum Gasteiger partial charge on any atom is -0.343 e. The monoisotopic (exact) mass is 339 g/mol. The summed E-state index contributed by atoms with van der Waals surface area (Å²) in [6, 6.07) is 15.9. The third-order valence-electron chi connectivity index (χ3n) is 6.48.